The van der Waals surface area contributed by atoms with Crippen molar-refractivity contribution in [3.8, 4) is 0 Å². The van der Waals surface area contributed by atoms with Crippen molar-refractivity contribution in [2.24, 2.45) is 0 Å². The van der Waals surface area contributed by atoms with Crippen molar-refractivity contribution in [3.05, 3.63) is 63.8 Å². The number of aromatic nitrogens is 1. The molecule has 0 saturated carbocycles. The molecule has 0 unspecified atom stereocenters. The van der Waals surface area contributed by atoms with Crippen LogP contribution in [0.25, 0.3) is 0 Å². The molecule has 2 aromatic rings. The van der Waals surface area contributed by atoms with Crippen molar-refractivity contribution in [1.29, 1.82) is 0 Å². The van der Waals surface area contributed by atoms with Gasteiger partial charge in [-0.15, -0.1) is 0 Å². The number of carbonyl (C=O) groups is 1. The lowest BCUT2D eigenvalue weighted by atomic mass is 10.2. The van der Waals surface area contributed by atoms with Crippen molar-refractivity contribution < 1.29 is 9.72 Å². The Kier molecular flexibility index (Phi) is 3.90. The monoisotopic (exact) mass is 272 g/mol. The quantitative estimate of drug-likeness (QED) is 0.647. The number of nitrogens with two attached hydrogens (primary N) is 1. The fourth-order valence-corrected chi connectivity index (χ4v) is 1.61. The molecule has 0 fully saturated rings. The fraction of sp³-hybridized carbons (Fsp3) is 0.0769. The van der Waals surface area contributed by atoms with Gasteiger partial charge in [0.2, 0.25) is 0 Å². The highest BCUT2D eigenvalue weighted by molar-refractivity contribution is 5.94. The first-order valence-corrected chi connectivity index (χ1v) is 5.79. The van der Waals surface area contributed by atoms with Crippen LogP contribution >= 0.6 is 0 Å². The molecule has 0 saturated heterocycles. The van der Waals surface area contributed by atoms with E-state index in [2.05, 4.69) is 10.3 Å². The van der Waals surface area contributed by atoms with Gasteiger partial charge in [-0.05, 0) is 17.7 Å². The summed E-state index contributed by atoms with van der Waals surface area (Å²) in [4.78, 5) is 25.7. The van der Waals surface area contributed by atoms with E-state index in [0.717, 1.165) is 5.56 Å². The summed E-state index contributed by atoms with van der Waals surface area (Å²) in [6.07, 6.45) is 1.45. The van der Waals surface area contributed by atoms with Crippen LogP contribution in [0.1, 0.15) is 15.9 Å². The number of anilines is 1. The van der Waals surface area contributed by atoms with Gasteiger partial charge in [0.25, 0.3) is 11.6 Å². The van der Waals surface area contributed by atoms with Gasteiger partial charge in [0.05, 0.1) is 4.92 Å². The van der Waals surface area contributed by atoms with Gasteiger partial charge in [-0.3, -0.25) is 14.9 Å². The number of carbonyl (C=O) groups excluding carboxylic acids is 1. The summed E-state index contributed by atoms with van der Waals surface area (Å²) in [7, 11) is 0. The minimum Gasteiger partial charge on any atom is -0.384 e. The Morgan fingerprint density at radius 3 is 2.60 bits per heavy atom. The maximum absolute atomic E-state index is 11.8. The Balaban J connectivity index is 1.98. The Labute approximate surface area is 114 Å². The highest BCUT2D eigenvalue weighted by atomic mass is 16.6. The molecule has 0 spiro atoms. The number of hydrogen-bond donors (Lipinski definition) is 2. The van der Waals surface area contributed by atoms with E-state index in [4.69, 9.17) is 5.73 Å². The van der Waals surface area contributed by atoms with Gasteiger partial charge in [0.1, 0.15) is 5.82 Å². The van der Waals surface area contributed by atoms with Crippen molar-refractivity contribution in [3.63, 3.8) is 0 Å². The zero-order valence-electron chi connectivity index (χ0n) is 10.4. The summed E-state index contributed by atoms with van der Waals surface area (Å²) in [5.41, 5.74) is 6.69. The molecule has 0 bridgehead atoms. The summed E-state index contributed by atoms with van der Waals surface area (Å²) in [5.74, 6) is -0.00885. The Morgan fingerprint density at radius 2 is 2.00 bits per heavy atom. The molecule has 3 N–H and O–H groups in total. The van der Waals surface area contributed by atoms with Crippen molar-refractivity contribution in [1.82, 2.24) is 10.3 Å². The molecule has 1 aromatic carbocycles. The highest BCUT2D eigenvalue weighted by Crippen LogP contribution is 2.12. The molecular weight excluding hydrogens is 260 g/mol. The molecule has 1 aromatic heterocycles. The SMILES string of the molecule is Nc1cc(C(=O)NCc2ccc([N+](=O)[O-])cc2)ccn1. The summed E-state index contributed by atoms with van der Waals surface area (Å²) < 4.78 is 0. The van der Waals surface area contributed by atoms with Crippen LogP contribution in [0.3, 0.4) is 0 Å². The van der Waals surface area contributed by atoms with Crippen LogP contribution in [0.5, 0.6) is 0 Å². The number of nitro benzene ring substituents is 1. The lowest BCUT2D eigenvalue weighted by Gasteiger charge is -2.05. The second-order valence-electron chi connectivity index (χ2n) is 4.08. The van der Waals surface area contributed by atoms with E-state index < -0.39 is 4.92 Å². The zero-order valence-corrected chi connectivity index (χ0v) is 10.4. The number of pyridine rings is 1. The summed E-state index contributed by atoms with van der Waals surface area (Å²) in [6.45, 7) is 0.277. The van der Waals surface area contributed by atoms with Gasteiger partial charge in [-0.2, -0.15) is 0 Å². The summed E-state index contributed by atoms with van der Waals surface area (Å²) in [5, 5.41) is 13.2. The lowest BCUT2D eigenvalue weighted by molar-refractivity contribution is -0.384. The maximum Gasteiger partial charge on any atom is 0.269 e. The Bertz CT molecular complexity index is 640. The van der Waals surface area contributed by atoms with Gasteiger partial charge in [0, 0.05) is 30.4 Å². The van der Waals surface area contributed by atoms with Gasteiger partial charge in [0.15, 0.2) is 0 Å². The van der Waals surface area contributed by atoms with E-state index in [1.54, 1.807) is 18.2 Å². The van der Waals surface area contributed by atoms with E-state index in [0.29, 0.717) is 5.56 Å². The number of rotatable bonds is 4. The number of benzene rings is 1. The van der Waals surface area contributed by atoms with E-state index in [-0.39, 0.29) is 24.0 Å². The molecule has 7 nitrogen and oxygen atoms in total. The van der Waals surface area contributed by atoms with E-state index in [1.165, 1.54) is 24.4 Å². The van der Waals surface area contributed by atoms with Gasteiger partial charge >= 0.3 is 0 Å². The highest BCUT2D eigenvalue weighted by Gasteiger charge is 2.07. The minimum absolute atomic E-state index is 0.0157. The van der Waals surface area contributed by atoms with Crippen LogP contribution in [0.2, 0.25) is 0 Å². The third-order valence-electron chi connectivity index (χ3n) is 2.64. The van der Waals surface area contributed by atoms with E-state index in [1.807, 2.05) is 0 Å². The number of amides is 1. The molecule has 20 heavy (non-hydrogen) atoms. The minimum atomic E-state index is -0.470. The van der Waals surface area contributed by atoms with Crippen LogP contribution in [0.15, 0.2) is 42.6 Å². The first-order valence-electron chi connectivity index (χ1n) is 5.79. The molecule has 0 atom stereocenters. The average Bonchev–Trinajstić information content (AvgIpc) is 2.45. The third kappa shape index (κ3) is 3.29. The molecule has 2 rings (SSSR count). The van der Waals surface area contributed by atoms with Crippen LogP contribution in [-0.4, -0.2) is 15.8 Å². The molecule has 1 amide bonds. The van der Waals surface area contributed by atoms with Crippen molar-refractivity contribution in [2.45, 2.75) is 6.54 Å². The topological polar surface area (TPSA) is 111 Å². The number of nitrogen functional groups attached to an aromatic ring is 1. The van der Waals surface area contributed by atoms with Gasteiger partial charge in [-0.25, -0.2) is 4.98 Å². The van der Waals surface area contributed by atoms with Crippen LogP contribution in [0.4, 0.5) is 11.5 Å². The van der Waals surface area contributed by atoms with Crippen LogP contribution in [-0.2, 0) is 6.54 Å². The molecule has 102 valence electrons. The smallest absolute Gasteiger partial charge is 0.269 e. The van der Waals surface area contributed by atoms with Crippen LogP contribution in [0, 0.1) is 10.1 Å². The number of non-ortho nitro benzene ring substituents is 1. The number of nitrogens with one attached hydrogen (secondary N) is 1. The standard InChI is InChI=1S/C13H12N4O3/c14-12-7-10(5-6-15-12)13(18)16-8-9-1-3-11(4-2-9)17(19)20/h1-7H,8H2,(H2,14,15)(H,16,18). The zero-order chi connectivity index (χ0) is 14.5. The number of hydrogen-bond acceptors (Lipinski definition) is 5. The second kappa shape index (κ2) is 5.79. The predicted octanol–water partition coefficient (Wildman–Crippen LogP) is 1.50. The molecule has 7 heteroatoms. The number of nitrogens with zero attached hydrogens (tertiary/aromatic N) is 2. The molecule has 1 heterocycles. The first-order chi connectivity index (χ1) is 9.56. The maximum atomic E-state index is 11.8. The average molecular weight is 272 g/mol. The number of nitro groups is 1. The van der Waals surface area contributed by atoms with E-state index >= 15 is 0 Å². The first kappa shape index (κ1) is 13.5. The Morgan fingerprint density at radius 1 is 1.30 bits per heavy atom. The molecule has 0 radical (unpaired) electrons. The summed E-state index contributed by atoms with van der Waals surface area (Å²) >= 11 is 0. The van der Waals surface area contributed by atoms with Crippen molar-refractivity contribution >= 4 is 17.4 Å². The molecule has 0 aliphatic rings. The van der Waals surface area contributed by atoms with Crippen molar-refractivity contribution in [2.75, 3.05) is 5.73 Å². The van der Waals surface area contributed by atoms with Crippen LogP contribution < -0.4 is 11.1 Å². The van der Waals surface area contributed by atoms with Gasteiger partial charge < -0.3 is 11.1 Å². The normalized spacial score (nSPS) is 10.0. The van der Waals surface area contributed by atoms with E-state index in [9.17, 15) is 14.9 Å². The molecular formula is C13H12N4O3. The fourth-order valence-electron chi connectivity index (χ4n) is 1.61. The third-order valence-corrected chi connectivity index (χ3v) is 2.64. The molecule has 0 aliphatic carbocycles. The predicted molar refractivity (Wildman–Crippen MR) is 72.9 cm³/mol. The van der Waals surface area contributed by atoms with Gasteiger partial charge in [-0.1, -0.05) is 12.1 Å². The second-order valence-corrected chi connectivity index (χ2v) is 4.08. The Hall–Kier alpha value is -2.96. The summed E-state index contributed by atoms with van der Waals surface area (Å²) in [6, 6.07) is 9.02. The molecule has 0 aliphatic heterocycles. The lowest BCUT2D eigenvalue weighted by Crippen LogP contribution is -2.22. The largest absolute Gasteiger partial charge is 0.384 e.